The summed E-state index contributed by atoms with van der Waals surface area (Å²) < 4.78 is 41.6. The fraction of sp³-hybridized carbons (Fsp3) is 0.333. The fourth-order valence-electron chi connectivity index (χ4n) is 0.962. The average molecular weight is 269 g/mol. The quantitative estimate of drug-likeness (QED) is 0.744. The molecule has 0 aliphatic rings. The Balaban J connectivity index is 2.87. The van der Waals surface area contributed by atoms with E-state index in [9.17, 15) is 13.2 Å². The number of ether oxygens (including phenoxy) is 1. The van der Waals surface area contributed by atoms with Crippen molar-refractivity contribution >= 4 is 15.9 Å². The standard InChI is InChI=1S/C9H8BrF3O/c1-14-7-4-2-6(3-5-7)8(10)9(11,12)13/h2-5,8H,1H3/t8-/m0/s1. The molecule has 0 saturated heterocycles. The molecular weight excluding hydrogens is 261 g/mol. The Labute approximate surface area is 88.0 Å². The summed E-state index contributed by atoms with van der Waals surface area (Å²) in [6, 6.07) is 5.75. The van der Waals surface area contributed by atoms with E-state index < -0.39 is 11.0 Å². The Kier molecular flexibility index (Phi) is 3.42. The van der Waals surface area contributed by atoms with Gasteiger partial charge >= 0.3 is 6.18 Å². The lowest BCUT2D eigenvalue weighted by atomic mass is 10.1. The van der Waals surface area contributed by atoms with Crippen LogP contribution >= 0.6 is 15.9 Å². The summed E-state index contributed by atoms with van der Waals surface area (Å²) >= 11 is 2.59. The molecule has 14 heavy (non-hydrogen) atoms. The highest BCUT2D eigenvalue weighted by atomic mass is 79.9. The zero-order valence-corrected chi connectivity index (χ0v) is 8.89. The molecule has 0 spiro atoms. The van der Waals surface area contributed by atoms with Crippen LogP contribution in [0.2, 0.25) is 0 Å². The lowest BCUT2D eigenvalue weighted by molar-refractivity contribution is -0.128. The highest BCUT2D eigenvalue weighted by Gasteiger charge is 2.38. The van der Waals surface area contributed by atoms with E-state index >= 15 is 0 Å². The van der Waals surface area contributed by atoms with Crippen LogP contribution < -0.4 is 4.74 Å². The van der Waals surface area contributed by atoms with Gasteiger partial charge in [0.1, 0.15) is 10.6 Å². The topological polar surface area (TPSA) is 9.23 Å². The predicted molar refractivity (Wildman–Crippen MR) is 50.7 cm³/mol. The van der Waals surface area contributed by atoms with Gasteiger partial charge in [0.15, 0.2) is 0 Å². The van der Waals surface area contributed by atoms with Gasteiger partial charge in [-0.3, -0.25) is 0 Å². The molecular formula is C9H8BrF3O. The molecule has 0 saturated carbocycles. The molecule has 0 heterocycles. The Morgan fingerprint density at radius 3 is 2.07 bits per heavy atom. The SMILES string of the molecule is COc1ccc([C@H](Br)C(F)(F)F)cc1. The molecule has 0 bridgehead atoms. The molecule has 1 atom stereocenters. The maximum Gasteiger partial charge on any atom is 0.405 e. The lowest BCUT2D eigenvalue weighted by Crippen LogP contribution is -2.14. The van der Waals surface area contributed by atoms with Crippen LogP contribution in [-0.4, -0.2) is 13.3 Å². The first-order valence-electron chi connectivity index (χ1n) is 3.80. The zero-order chi connectivity index (χ0) is 10.8. The van der Waals surface area contributed by atoms with Crippen molar-refractivity contribution in [1.82, 2.24) is 0 Å². The first-order valence-corrected chi connectivity index (χ1v) is 4.71. The Morgan fingerprint density at radius 2 is 1.71 bits per heavy atom. The van der Waals surface area contributed by atoms with Gasteiger partial charge in [0, 0.05) is 0 Å². The number of hydrogen-bond acceptors (Lipinski definition) is 1. The van der Waals surface area contributed by atoms with Crippen molar-refractivity contribution in [1.29, 1.82) is 0 Å². The molecule has 0 fully saturated rings. The zero-order valence-electron chi connectivity index (χ0n) is 7.31. The van der Waals surface area contributed by atoms with Crippen molar-refractivity contribution in [3.05, 3.63) is 29.8 Å². The average Bonchev–Trinajstić information content (AvgIpc) is 2.15. The molecule has 0 aliphatic heterocycles. The van der Waals surface area contributed by atoms with Crippen LogP contribution in [0.1, 0.15) is 10.4 Å². The highest BCUT2D eigenvalue weighted by Crippen LogP contribution is 2.39. The highest BCUT2D eigenvalue weighted by molar-refractivity contribution is 9.09. The summed E-state index contributed by atoms with van der Waals surface area (Å²) in [4.78, 5) is -1.62. The van der Waals surface area contributed by atoms with E-state index in [1.54, 1.807) is 0 Å². The maximum absolute atomic E-state index is 12.2. The molecule has 1 rings (SSSR count). The van der Waals surface area contributed by atoms with E-state index in [1.807, 2.05) is 0 Å². The van der Waals surface area contributed by atoms with Crippen molar-refractivity contribution < 1.29 is 17.9 Å². The minimum absolute atomic E-state index is 0.165. The van der Waals surface area contributed by atoms with Gasteiger partial charge in [-0.05, 0) is 17.7 Å². The van der Waals surface area contributed by atoms with E-state index in [4.69, 9.17) is 4.74 Å². The molecule has 1 nitrogen and oxygen atoms in total. The number of alkyl halides is 4. The molecule has 0 aromatic heterocycles. The van der Waals surface area contributed by atoms with Gasteiger partial charge in [-0.15, -0.1) is 0 Å². The largest absolute Gasteiger partial charge is 0.497 e. The monoisotopic (exact) mass is 268 g/mol. The molecule has 5 heteroatoms. The minimum Gasteiger partial charge on any atom is -0.497 e. The number of rotatable bonds is 2. The third-order valence-electron chi connectivity index (χ3n) is 1.70. The van der Waals surface area contributed by atoms with Crippen LogP contribution in [0.5, 0.6) is 5.75 Å². The summed E-state index contributed by atoms with van der Waals surface area (Å²) in [7, 11) is 1.46. The second-order valence-corrected chi connectivity index (χ2v) is 3.59. The molecule has 78 valence electrons. The number of benzene rings is 1. The van der Waals surface area contributed by atoms with Crippen LogP contribution in [0.4, 0.5) is 13.2 Å². The van der Waals surface area contributed by atoms with Crippen molar-refractivity contribution in [2.24, 2.45) is 0 Å². The van der Waals surface area contributed by atoms with E-state index in [0.29, 0.717) is 5.75 Å². The predicted octanol–water partition coefficient (Wildman–Crippen LogP) is 3.69. The summed E-state index contributed by atoms with van der Waals surface area (Å²) in [6.45, 7) is 0. The van der Waals surface area contributed by atoms with Crippen LogP contribution in [-0.2, 0) is 0 Å². The molecule has 1 aromatic rings. The van der Waals surface area contributed by atoms with Crippen LogP contribution in [0.15, 0.2) is 24.3 Å². The van der Waals surface area contributed by atoms with E-state index in [1.165, 1.54) is 31.4 Å². The Hall–Kier alpha value is -0.710. The van der Waals surface area contributed by atoms with Crippen LogP contribution in [0.3, 0.4) is 0 Å². The van der Waals surface area contributed by atoms with Crippen molar-refractivity contribution in [2.75, 3.05) is 7.11 Å². The minimum atomic E-state index is -4.27. The third kappa shape index (κ3) is 2.64. The van der Waals surface area contributed by atoms with E-state index in [-0.39, 0.29) is 5.56 Å². The summed E-state index contributed by atoms with van der Waals surface area (Å²) in [6.07, 6.45) is -4.27. The summed E-state index contributed by atoms with van der Waals surface area (Å²) in [5, 5.41) is 0. The fourth-order valence-corrected chi connectivity index (χ4v) is 1.27. The Morgan fingerprint density at radius 1 is 1.21 bits per heavy atom. The second-order valence-electron chi connectivity index (χ2n) is 2.68. The van der Waals surface area contributed by atoms with Crippen molar-refractivity contribution in [3.8, 4) is 5.75 Å². The summed E-state index contributed by atoms with van der Waals surface area (Å²) in [5.74, 6) is 0.538. The van der Waals surface area contributed by atoms with Gasteiger partial charge in [-0.25, -0.2) is 0 Å². The lowest BCUT2D eigenvalue weighted by Gasteiger charge is -2.14. The first kappa shape index (κ1) is 11.4. The number of hydrogen-bond donors (Lipinski definition) is 0. The van der Waals surface area contributed by atoms with Gasteiger partial charge in [-0.2, -0.15) is 13.2 Å². The molecule has 0 unspecified atom stereocenters. The third-order valence-corrected chi connectivity index (χ3v) is 2.74. The second kappa shape index (κ2) is 4.21. The summed E-state index contributed by atoms with van der Waals surface area (Å²) in [5.41, 5.74) is 0.165. The van der Waals surface area contributed by atoms with E-state index in [0.717, 1.165) is 0 Å². The number of halogens is 4. The van der Waals surface area contributed by atoms with Crippen molar-refractivity contribution in [3.63, 3.8) is 0 Å². The number of methoxy groups -OCH3 is 1. The normalized spacial score (nSPS) is 13.8. The molecule has 0 amide bonds. The van der Waals surface area contributed by atoms with Crippen LogP contribution in [0, 0.1) is 0 Å². The van der Waals surface area contributed by atoms with Gasteiger partial charge in [0.25, 0.3) is 0 Å². The van der Waals surface area contributed by atoms with Crippen LogP contribution in [0.25, 0.3) is 0 Å². The van der Waals surface area contributed by atoms with Gasteiger partial charge < -0.3 is 4.74 Å². The maximum atomic E-state index is 12.2. The van der Waals surface area contributed by atoms with E-state index in [2.05, 4.69) is 15.9 Å². The Bertz CT molecular complexity index is 294. The van der Waals surface area contributed by atoms with Gasteiger partial charge in [-0.1, -0.05) is 28.1 Å². The molecule has 0 radical (unpaired) electrons. The van der Waals surface area contributed by atoms with Gasteiger partial charge in [0.05, 0.1) is 7.11 Å². The van der Waals surface area contributed by atoms with Crippen molar-refractivity contribution in [2.45, 2.75) is 11.0 Å². The first-order chi connectivity index (χ1) is 6.45. The smallest absolute Gasteiger partial charge is 0.405 e. The molecule has 0 aliphatic carbocycles. The molecule has 0 N–H and O–H groups in total. The van der Waals surface area contributed by atoms with Gasteiger partial charge in [0.2, 0.25) is 0 Å². The molecule has 1 aromatic carbocycles.